The van der Waals surface area contributed by atoms with Crippen LogP contribution >= 0.6 is 0 Å². The molecule has 0 amide bonds. The number of hydrogen-bond donors (Lipinski definition) is 0. The Balaban J connectivity index is 1.99. The van der Waals surface area contributed by atoms with Crippen molar-refractivity contribution in [2.24, 2.45) is 22.2 Å². The van der Waals surface area contributed by atoms with Crippen LogP contribution in [0.3, 0.4) is 0 Å². The Morgan fingerprint density at radius 1 is 1.30 bits per heavy atom. The first-order valence-corrected chi connectivity index (χ1v) is 9.67. The number of allylic oxidation sites excluding steroid dienone is 2. The second-order valence-electron chi connectivity index (χ2n) is 9.34. The third-order valence-corrected chi connectivity index (χ3v) is 8.50. The predicted octanol–water partition coefficient (Wildman–Crippen LogP) is 5.19. The van der Waals surface area contributed by atoms with Crippen molar-refractivity contribution < 1.29 is 4.79 Å². The molecule has 0 aromatic rings. The van der Waals surface area contributed by atoms with Crippen LogP contribution in [0.4, 0.5) is 0 Å². The van der Waals surface area contributed by atoms with Gasteiger partial charge in [-0.3, -0.25) is 4.79 Å². The zero-order valence-electron chi connectivity index (χ0n) is 16.0. The van der Waals surface area contributed by atoms with E-state index in [-0.39, 0.29) is 10.8 Å². The van der Waals surface area contributed by atoms with Gasteiger partial charge < -0.3 is 4.90 Å². The van der Waals surface area contributed by atoms with Crippen LogP contribution in [0.15, 0.2) is 11.8 Å². The van der Waals surface area contributed by atoms with Crippen LogP contribution in [0, 0.1) is 22.2 Å². The number of piperidine rings is 1. The van der Waals surface area contributed by atoms with E-state index in [0.29, 0.717) is 17.2 Å². The maximum atomic E-state index is 12.1. The van der Waals surface area contributed by atoms with Gasteiger partial charge in [-0.2, -0.15) is 0 Å². The third-order valence-electron chi connectivity index (χ3n) is 8.50. The number of Topliss-reactive ketones (excluding diaryl/α,β-unsaturated/α-hetero) is 1. The summed E-state index contributed by atoms with van der Waals surface area (Å²) in [6.07, 6.45) is 8.75. The highest BCUT2D eigenvalue weighted by atomic mass is 16.1. The minimum atomic E-state index is 0.161. The Morgan fingerprint density at radius 3 is 2.65 bits per heavy atom. The Kier molecular flexibility index (Phi) is 3.97. The molecule has 5 unspecified atom stereocenters. The molecule has 2 aliphatic heterocycles. The van der Waals surface area contributed by atoms with Crippen LogP contribution < -0.4 is 0 Å². The Morgan fingerprint density at radius 2 is 2.00 bits per heavy atom. The highest BCUT2D eigenvalue weighted by molar-refractivity contribution is 5.80. The fraction of sp³-hybridized carbons (Fsp3) is 0.857. The molecule has 5 atom stereocenters. The summed E-state index contributed by atoms with van der Waals surface area (Å²) in [5.41, 5.74) is 2.28. The molecule has 3 aliphatic rings. The van der Waals surface area contributed by atoms with Crippen LogP contribution in [0.2, 0.25) is 0 Å². The smallest absolute Gasteiger partial charge is 0.133 e. The van der Waals surface area contributed by atoms with Gasteiger partial charge in [0, 0.05) is 36.5 Å². The number of carbonyl (C=O) groups excluding carboxylic acids is 1. The summed E-state index contributed by atoms with van der Waals surface area (Å²) < 4.78 is 0. The van der Waals surface area contributed by atoms with Crippen LogP contribution in [0.5, 0.6) is 0 Å². The van der Waals surface area contributed by atoms with Gasteiger partial charge in [0.2, 0.25) is 0 Å². The number of hydrogen-bond acceptors (Lipinski definition) is 2. The molecule has 2 heteroatoms. The van der Waals surface area contributed by atoms with Gasteiger partial charge in [0.15, 0.2) is 0 Å². The van der Waals surface area contributed by atoms with E-state index in [2.05, 4.69) is 52.5 Å². The molecule has 1 aliphatic carbocycles. The fourth-order valence-electron chi connectivity index (χ4n) is 5.68. The van der Waals surface area contributed by atoms with E-state index < -0.39 is 0 Å². The Bertz CT molecular complexity index is 538. The predicted molar refractivity (Wildman–Crippen MR) is 96.1 cm³/mol. The van der Waals surface area contributed by atoms with E-state index in [9.17, 15) is 4.79 Å². The molecule has 0 aromatic carbocycles. The molecule has 0 spiro atoms. The lowest BCUT2D eigenvalue weighted by molar-refractivity contribution is -0.133. The second kappa shape index (κ2) is 5.36. The maximum absolute atomic E-state index is 12.1. The summed E-state index contributed by atoms with van der Waals surface area (Å²) >= 11 is 0. The van der Waals surface area contributed by atoms with Gasteiger partial charge in [0.05, 0.1) is 0 Å². The summed E-state index contributed by atoms with van der Waals surface area (Å²) in [6, 6.07) is 0.594. The number of carbonyl (C=O) groups is 1. The molecule has 1 saturated heterocycles. The molecule has 0 aromatic heterocycles. The van der Waals surface area contributed by atoms with Crippen molar-refractivity contribution in [1.29, 1.82) is 0 Å². The van der Waals surface area contributed by atoms with E-state index >= 15 is 0 Å². The van der Waals surface area contributed by atoms with Crippen molar-refractivity contribution >= 4 is 5.78 Å². The number of ketones is 1. The molecule has 23 heavy (non-hydrogen) atoms. The van der Waals surface area contributed by atoms with E-state index in [1.807, 2.05) is 0 Å². The second-order valence-corrected chi connectivity index (χ2v) is 9.34. The summed E-state index contributed by atoms with van der Waals surface area (Å²) in [5.74, 6) is 1.22. The molecular weight excluding hydrogens is 282 g/mol. The Hall–Kier alpha value is -0.790. The van der Waals surface area contributed by atoms with E-state index in [0.717, 1.165) is 38.1 Å². The van der Waals surface area contributed by atoms with Crippen LogP contribution in [-0.4, -0.2) is 23.3 Å². The van der Waals surface area contributed by atoms with Crippen LogP contribution in [0.1, 0.15) is 80.1 Å². The van der Waals surface area contributed by atoms with Crippen molar-refractivity contribution in [2.75, 3.05) is 6.54 Å². The third kappa shape index (κ3) is 2.23. The van der Waals surface area contributed by atoms with Gasteiger partial charge in [0.25, 0.3) is 0 Å². The lowest BCUT2D eigenvalue weighted by Gasteiger charge is -2.63. The molecule has 0 N–H and O–H groups in total. The van der Waals surface area contributed by atoms with Crippen molar-refractivity contribution in [2.45, 2.75) is 86.1 Å². The largest absolute Gasteiger partial charge is 0.371 e. The summed E-state index contributed by atoms with van der Waals surface area (Å²) in [5, 5.41) is 0. The van der Waals surface area contributed by atoms with Gasteiger partial charge in [-0.1, -0.05) is 47.1 Å². The summed E-state index contributed by atoms with van der Waals surface area (Å²) in [4.78, 5) is 14.8. The SMILES string of the molecule is CCC(C)C1(C)CC=C2N(CCC3(C)CC(=O)CCC23C)C1C. The molecule has 1 saturated carbocycles. The average molecular weight is 318 g/mol. The molecule has 0 radical (unpaired) electrons. The fourth-order valence-corrected chi connectivity index (χ4v) is 5.68. The normalized spacial score (nSPS) is 45.1. The molecule has 2 nitrogen and oxygen atoms in total. The van der Waals surface area contributed by atoms with Gasteiger partial charge in [0.1, 0.15) is 5.78 Å². The molecular formula is C21H35NO. The summed E-state index contributed by atoms with van der Waals surface area (Å²) in [7, 11) is 0. The Labute approximate surface area is 142 Å². The molecule has 0 bridgehead atoms. The summed E-state index contributed by atoms with van der Waals surface area (Å²) in [6.45, 7) is 15.6. The quantitative estimate of drug-likeness (QED) is 0.699. The monoisotopic (exact) mass is 317 g/mol. The van der Waals surface area contributed by atoms with Crippen LogP contribution in [-0.2, 0) is 4.79 Å². The van der Waals surface area contributed by atoms with Crippen LogP contribution in [0.25, 0.3) is 0 Å². The first-order chi connectivity index (χ1) is 10.7. The van der Waals surface area contributed by atoms with Crippen molar-refractivity contribution in [1.82, 2.24) is 4.90 Å². The molecule has 2 heterocycles. The van der Waals surface area contributed by atoms with Crippen molar-refractivity contribution in [3.05, 3.63) is 11.8 Å². The minimum absolute atomic E-state index is 0.161. The lowest BCUT2D eigenvalue weighted by Crippen LogP contribution is -2.60. The van der Waals surface area contributed by atoms with Gasteiger partial charge in [-0.25, -0.2) is 0 Å². The van der Waals surface area contributed by atoms with E-state index in [1.54, 1.807) is 5.70 Å². The highest BCUT2D eigenvalue weighted by Gasteiger charge is 2.57. The highest BCUT2D eigenvalue weighted by Crippen LogP contribution is 2.61. The average Bonchev–Trinajstić information content (AvgIpc) is 2.51. The lowest BCUT2D eigenvalue weighted by atomic mass is 9.51. The van der Waals surface area contributed by atoms with Gasteiger partial charge in [-0.15, -0.1) is 0 Å². The number of rotatable bonds is 2. The molecule has 130 valence electrons. The molecule has 2 fully saturated rings. The standard InChI is InChI=1S/C21H35NO/c1-7-15(2)20(5)10-9-18-21(6)11-8-17(23)14-19(21,4)12-13-22(18)16(20)3/h9,15-16H,7-8,10-14H2,1-6H3. The number of fused-ring (bicyclic) bond motifs is 3. The minimum Gasteiger partial charge on any atom is -0.371 e. The van der Waals surface area contributed by atoms with Gasteiger partial charge in [-0.05, 0) is 42.9 Å². The zero-order chi connectivity index (χ0) is 17.0. The number of nitrogens with zero attached hydrogens (tertiary/aromatic N) is 1. The first-order valence-electron chi connectivity index (χ1n) is 9.67. The maximum Gasteiger partial charge on any atom is 0.133 e. The van der Waals surface area contributed by atoms with E-state index in [4.69, 9.17) is 0 Å². The first kappa shape index (κ1) is 17.0. The van der Waals surface area contributed by atoms with Gasteiger partial charge >= 0.3 is 0 Å². The molecule has 3 rings (SSSR count). The topological polar surface area (TPSA) is 20.3 Å². The zero-order valence-corrected chi connectivity index (χ0v) is 16.0. The van der Waals surface area contributed by atoms with Crippen molar-refractivity contribution in [3.63, 3.8) is 0 Å². The van der Waals surface area contributed by atoms with Crippen molar-refractivity contribution in [3.8, 4) is 0 Å². The van der Waals surface area contributed by atoms with E-state index in [1.165, 1.54) is 12.8 Å².